The standard InChI is InChI=1S/C18H21FO2/c1-12(20)17-14(19)9-7-11-16(17)21-15-10-6-5-8-13(15)18(2,3)4/h5-12,20H,1-4H3. The van der Waals surface area contributed by atoms with Crippen molar-refractivity contribution in [1.82, 2.24) is 0 Å². The molecule has 0 saturated carbocycles. The van der Waals surface area contributed by atoms with E-state index in [9.17, 15) is 9.50 Å². The lowest BCUT2D eigenvalue weighted by Crippen LogP contribution is -2.12. The van der Waals surface area contributed by atoms with Crippen molar-refractivity contribution < 1.29 is 14.2 Å². The Morgan fingerprint density at radius 2 is 1.62 bits per heavy atom. The number of halogens is 1. The molecule has 1 unspecified atom stereocenters. The van der Waals surface area contributed by atoms with E-state index in [1.165, 1.54) is 13.0 Å². The van der Waals surface area contributed by atoms with Crippen molar-refractivity contribution in [3.8, 4) is 11.5 Å². The van der Waals surface area contributed by atoms with Gasteiger partial charge >= 0.3 is 0 Å². The van der Waals surface area contributed by atoms with E-state index < -0.39 is 11.9 Å². The molecule has 1 N–H and O–H groups in total. The molecular formula is C18H21FO2. The molecule has 0 bridgehead atoms. The van der Waals surface area contributed by atoms with E-state index in [4.69, 9.17) is 4.74 Å². The van der Waals surface area contributed by atoms with Gasteiger partial charge in [-0.2, -0.15) is 0 Å². The topological polar surface area (TPSA) is 29.5 Å². The summed E-state index contributed by atoms with van der Waals surface area (Å²) in [6.45, 7) is 7.81. The first-order valence-corrected chi connectivity index (χ1v) is 7.04. The van der Waals surface area contributed by atoms with Crippen molar-refractivity contribution >= 4 is 0 Å². The van der Waals surface area contributed by atoms with Crippen LogP contribution < -0.4 is 4.74 Å². The van der Waals surface area contributed by atoms with Crippen LogP contribution in [0, 0.1) is 5.82 Å². The van der Waals surface area contributed by atoms with Crippen LogP contribution in [0.1, 0.15) is 44.9 Å². The third-order valence-electron chi connectivity index (χ3n) is 3.35. The lowest BCUT2D eigenvalue weighted by atomic mass is 9.86. The Kier molecular flexibility index (Phi) is 4.33. The number of aliphatic hydroxyl groups excluding tert-OH is 1. The highest BCUT2D eigenvalue weighted by Gasteiger charge is 2.21. The first kappa shape index (κ1) is 15.5. The third kappa shape index (κ3) is 3.42. The Labute approximate surface area is 125 Å². The zero-order chi connectivity index (χ0) is 15.6. The summed E-state index contributed by atoms with van der Waals surface area (Å²) in [4.78, 5) is 0. The van der Waals surface area contributed by atoms with Crippen LogP contribution in [0.2, 0.25) is 0 Å². The Bertz CT molecular complexity index is 627. The molecule has 0 aliphatic rings. The van der Waals surface area contributed by atoms with Gasteiger partial charge in [0.2, 0.25) is 0 Å². The van der Waals surface area contributed by atoms with Gasteiger partial charge in [0.1, 0.15) is 17.3 Å². The summed E-state index contributed by atoms with van der Waals surface area (Å²) in [5, 5.41) is 9.77. The minimum atomic E-state index is -0.928. The van der Waals surface area contributed by atoms with Crippen LogP contribution in [0.25, 0.3) is 0 Å². The molecule has 0 radical (unpaired) electrons. The molecule has 0 aromatic heterocycles. The van der Waals surface area contributed by atoms with Crippen LogP contribution in [0.3, 0.4) is 0 Å². The normalized spacial score (nSPS) is 13.0. The van der Waals surface area contributed by atoms with Crippen molar-refractivity contribution in [1.29, 1.82) is 0 Å². The molecule has 0 heterocycles. The monoisotopic (exact) mass is 288 g/mol. The van der Waals surface area contributed by atoms with Gasteiger partial charge in [-0.1, -0.05) is 45.0 Å². The number of benzene rings is 2. The third-order valence-corrected chi connectivity index (χ3v) is 3.35. The SMILES string of the molecule is CC(O)c1c(F)cccc1Oc1ccccc1C(C)(C)C. The number of hydrogen-bond donors (Lipinski definition) is 1. The summed E-state index contributed by atoms with van der Waals surface area (Å²) >= 11 is 0. The van der Waals surface area contributed by atoms with Crippen LogP contribution in [-0.4, -0.2) is 5.11 Å². The molecule has 21 heavy (non-hydrogen) atoms. The average molecular weight is 288 g/mol. The second-order valence-corrected chi connectivity index (χ2v) is 6.18. The fourth-order valence-electron chi connectivity index (χ4n) is 2.31. The summed E-state index contributed by atoms with van der Waals surface area (Å²) in [5.41, 5.74) is 1.13. The van der Waals surface area contributed by atoms with E-state index in [0.717, 1.165) is 5.56 Å². The lowest BCUT2D eigenvalue weighted by molar-refractivity contribution is 0.190. The van der Waals surface area contributed by atoms with E-state index in [1.807, 2.05) is 24.3 Å². The fraction of sp³-hybridized carbons (Fsp3) is 0.333. The van der Waals surface area contributed by atoms with Gasteiger partial charge in [-0.05, 0) is 30.5 Å². The summed E-state index contributed by atoms with van der Waals surface area (Å²) in [5.74, 6) is 0.565. The zero-order valence-corrected chi connectivity index (χ0v) is 12.9. The van der Waals surface area contributed by atoms with E-state index in [2.05, 4.69) is 20.8 Å². The van der Waals surface area contributed by atoms with Crippen molar-refractivity contribution in [2.24, 2.45) is 0 Å². The van der Waals surface area contributed by atoms with Gasteiger partial charge in [0.15, 0.2) is 0 Å². The molecule has 0 aliphatic carbocycles. The smallest absolute Gasteiger partial charge is 0.136 e. The predicted molar refractivity (Wildman–Crippen MR) is 82.2 cm³/mol. The maximum atomic E-state index is 13.9. The van der Waals surface area contributed by atoms with Crippen molar-refractivity contribution in [3.63, 3.8) is 0 Å². The van der Waals surface area contributed by atoms with E-state index >= 15 is 0 Å². The Balaban J connectivity index is 2.47. The number of rotatable bonds is 3. The molecule has 2 nitrogen and oxygen atoms in total. The minimum absolute atomic E-state index is 0.0884. The summed E-state index contributed by atoms with van der Waals surface area (Å²) < 4.78 is 19.8. The van der Waals surface area contributed by atoms with Gasteiger partial charge in [-0.15, -0.1) is 0 Å². The highest BCUT2D eigenvalue weighted by molar-refractivity contribution is 5.44. The van der Waals surface area contributed by atoms with Crippen LogP contribution in [0.4, 0.5) is 4.39 Å². The number of ether oxygens (including phenoxy) is 1. The van der Waals surface area contributed by atoms with E-state index in [-0.39, 0.29) is 11.0 Å². The van der Waals surface area contributed by atoms with Gasteiger partial charge in [0.05, 0.1) is 11.7 Å². The van der Waals surface area contributed by atoms with Crippen LogP contribution in [-0.2, 0) is 5.41 Å². The molecule has 2 aromatic rings. The quantitative estimate of drug-likeness (QED) is 0.864. The Morgan fingerprint density at radius 1 is 1.00 bits per heavy atom. The molecule has 3 heteroatoms. The van der Waals surface area contributed by atoms with Crippen LogP contribution in [0.5, 0.6) is 11.5 Å². The molecule has 0 fully saturated rings. The minimum Gasteiger partial charge on any atom is -0.457 e. The Hall–Kier alpha value is -1.87. The number of aliphatic hydroxyl groups is 1. The maximum Gasteiger partial charge on any atom is 0.136 e. The van der Waals surface area contributed by atoms with E-state index in [0.29, 0.717) is 11.5 Å². The second kappa shape index (κ2) is 5.86. The molecule has 0 saturated heterocycles. The molecular weight excluding hydrogens is 267 g/mol. The number of para-hydroxylation sites is 1. The molecule has 0 spiro atoms. The van der Waals surface area contributed by atoms with Gasteiger partial charge in [0.25, 0.3) is 0 Å². The van der Waals surface area contributed by atoms with Crippen molar-refractivity contribution in [2.45, 2.75) is 39.2 Å². The van der Waals surface area contributed by atoms with Crippen LogP contribution >= 0.6 is 0 Å². The van der Waals surface area contributed by atoms with E-state index in [1.54, 1.807) is 12.1 Å². The summed E-state index contributed by atoms with van der Waals surface area (Å²) in [6, 6.07) is 12.3. The number of hydrogen-bond acceptors (Lipinski definition) is 2. The van der Waals surface area contributed by atoms with Crippen LogP contribution in [0.15, 0.2) is 42.5 Å². The molecule has 1 atom stereocenters. The van der Waals surface area contributed by atoms with Gasteiger partial charge in [-0.3, -0.25) is 0 Å². The zero-order valence-electron chi connectivity index (χ0n) is 12.9. The Morgan fingerprint density at radius 3 is 2.24 bits per heavy atom. The van der Waals surface area contributed by atoms with Crippen molar-refractivity contribution in [3.05, 3.63) is 59.4 Å². The molecule has 2 aromatic carbocycles. The summed E-state index contributed by atoms with van der Waals surface area (Å²) in [7, 11) is 0. The van der Waals surface area contributed by atoms with Crippen molar-refractivity contribution in [2.75, 3.05) is 0 Å². The fourth-order valence-corrected chi connectivity index (χ4v) is 2.31. The first-order valence-electron chi connectivity index (χ1n) is 7.04. The first-order chi connectivity index (χ1) is 9.80. The van der Waals surface area contributed by atoms with Gasteiger partial charge < -0.3 is 9.84 Å². The molecule has 0 amide bonds. The molecule has 2 rings (SSSR count). The average Bonchev–Trinajstić information content (AvgIpc) is 2.37. The second-order valence-electron chi connectivity index (χ2n) is 6.18. The largest absolute Gasteiger partial charge is 0.457 e. The lowest BCUT2D eigenvalue weighted by Gasteiger charge is -2.23. The van der Waals surface area contributed by atoms with Gasteiger partial charge in [-0.25, -0.2) is 4.39 Å². The van der Waals surface area contributed by atoms with Gasteiger partial charge in [0, 0.05) is 5.56 Å². The predicted octanol–water partition coefficient (Wildman–Crippen LogP) is 4.97. The highest BCUT2D eigenvalue weighted by Crippen LogP contribution is 2.37. The molecule has 0 aliphatic heterocycles. The maximum absolute atomic E-state index is 13.9. The highest BCUT2D eigenvalue weighted by atomic mass is 19.1. The summed E-state index contributed by atoms with van der Waals surface area (Å²) in [6.07, 6.45) is -0.928. The molecule has 112 valence electrons.